The molecule has 21 heavy (non-hydrogen) atoms. The van der Waals surface area contributed by atoms with Gasteiger partial charge in [0.1, 0.15) is 0 Å². The molecular formula is C16H21N3O2. The van der Waals surface area contributed by atoms with E-state index < -0.39 is 0 Å². The molecule has 0 N–H and O–H groups in total. The summed E-state index contributed by atoms with van der Waals surface area (Å²) >= 11 is 0. The molecule has 0 radical (unpaired) electrons. The van der Waals surface area contributed by atoms with Gasteiger partial charge in [-0.15, -0.1) is 0 Å². The third-order valence-electron chi connectivity index (χ3n) is 3.89. The second-order valence-corrected chi connectivity index (χ2v) is 5.36. The number of ether oxygens (including phenoxy) is 1. The van der Waals surface area contributed by atoms with Crippen molar-refractivity contribution in [1.29, 1.82) is 0 Å². The lowest BCUT2D eigenvalue weighted by Gasteiger charge is -2.30. The van der Waals surface area contributed by atoms with E-state index >= 15 is 0 Å². The lowest BCUT2D eigenvalue weighted by molar-refractivity contribution is 0.100. The predicted molar refractivity (Wildman–Crippen MR) is 81.2 cm³/mol. The van der Waals surface area contributed by atoms with E-state index in [1.54, 1.807) is 0 Å². The van der Waals surface area contributed by atoms with Gasteiger partial charge in [-0.3, -0.25) is 0 Å². The van der Waals surface area contributed by atoms with Gasteiger partial charge in [-0.05, 0) is 43.0 Å². The molecule has 0 amide bonds. The SMILES string of the molecule is CCOCC1CCN(c2noc(-c3ccccc3)n2)CC1. The fourth-order valence-corrected chi connectivity index (χ4v) is 2.63. The predicted octanol–water partition coefficient (Wildman–Crippen LogP) is 2.99. The van der Waals surface area contributed by atoms with E-state index in [0.29, 0.717) is 17.8 Å². The smallest absolute Gasteiger partial charge is 0.266 e. The van der Waals surface area contributed by atoms with Crippen molar-refractivity contribution in [2.75, 3.05) is 31.2 Å². The molecule has 1 aromatic carbocycles. The topological polar surface area (TPSA) is 51.4 Å². The first-order valence-corrected chi connectivity index (χ1v) is 7.58. The molecule has 5 heteroatoms. The fourth-order valence-electron chi connectivity index (χ4n) is 2.63. The zero-order valence-corrected chi connectivity index (χ0v) is 12.4. The van der Waals surface area contributed by atoms with E-state index in [4.69, 9.17) is 9.26 Å². The molecule has 1 aromatic heterocycles. The fraction of sp³-hybridized carbons (Fsp3) is 0.500. The first-order valence-electron chi connectivity index (χ1n) is 7.58. The van der Waals surface area contributed by atoms with E-state index in [1.165, 1.54) is 0 Å². The molecule has 0 saturated carbocycles. The largest absolute Gasteiger partial charge is 0.381 e. The van der Waals surface area contributed by atoms with Crippen LogP contribution in [0.1, 0.15) is 19.8 Å². The van der Waals surface area contributed by atoms with Crippen LogP contribution in [0.5, 0.6) is 0 Å². The summed E-state index contributed by atoms with van der Waals surface area (Å²) in [5, 5.41) is 4.11. The van der Waals surface area contributed by atoms with Crippen LogP contribution in [-0.4, -0.2) is 36.4 Å². The molecule has 0 atom stereocenters. The lowest BCUT2D eigenvalue weighted by atomic mass is 9.98. The van der Waals surface area contributed by atoms with Gasteiger partial charge in [0.25, 0.3) is 11.8 Å². The second-order valence-electron chi connectivity index (χ2n) is 5.36. The van der Waals surface area contributed by atoms with Gasteiger partial charge in [0.05, 0.1) is 0 Å². The van der Waals surface area contributed by atoms with Crippen molar-refractivity contribution in [3.05, 3.63) is 30.3 Å². The molecule has 112 valence electrons. The van der Waals surface area contributed by atoms with Crippen LogP contribution in [0.15, 0.2) is 34.9 Å². The molecule has 1 saturated heterocycles. The molecule has 1 aliphatic heterocycles. The highest BCUT2D eigenvalue weighted by molar-refractivity contribution is 5.54. The number of aromatic nitrogens is 2. The average molecular weight is 287 g/mol. The van der Waals surface area contributed by atoms with Crippen molar-refractivity contribution in [3.63, 3.8) is 0 Å². The molecule has 0 aliphatic carbocycles. The van der Waals surface area contributed by atoms with Crippen LogP contribution >= 0.6 is 0 Å². The summed E-state index contributed by atoms with van der Waals surface area (Å²) < 4.78 is 10.9. The van der Waals surface area contributed by atoms with Crippen molar-refractivity contribution in [3.8, 4) is 11.5 Å². The number of anilines is 1. The van der Waals surface area contributed by atoms with Crippen molar-refractivity contribution >= 4 is 5.95 Å². The van der Waals surface area contributed by atoms with Crippen LogP contribution in [-0.2, 0) is 4.74 Å². The maximum absolute atomic E-state index is 5.51. The van der Waals surface area contributed by atoms with Crippen LogP contribution in [0.3, 0.4) is 0 Å². The van der Waals surface area contributed by atoms with Gasteiger partial charge in [0.15, 0.2) is 0 Å². The number of benzene rings is 1. The van der Waals surface area contributed by atoms with E-state index in [-0.39, 0.29) is 0 Å². The minimum Gasteiger partial charge on any atom is -0.381 e. The monoisotopic (exact) mass is 287 g/mol. The van der Waals surface area contributed by atoms with E-state index in [9.17, 15) is 0 Å². The maximum Gasteiger partial charge on any atom is 0.266 e. The van der Waals surface area contributed by atoms with Gasteiger partial charge in [0.2, 0.25) is 0 Å². The van der Waals surface area contributed by atoms with Crippen molar-refractivity contribution in [2.45, 2.75) is 19.8 Å². The van der Waals surface area contributed by atoms with E-state index in [1.807, 2.05) is 37.3 Å². The Morgan fingerprint density at radius 2 is 2.00 bits per heavy atom. The summed E-state index contributed by atoms with van der Waals surface area (Å²) in [6, 6.07) is 9.87. The third kappa shape index (κ3) is 3.42. The van der Waals surface area contributed by atoms with Gasteiger partial charge in [-0.2, -0.15) is 4.98 Å². The van der Waals surface area contributed by atoms with Gasteiger partial charge >= 0.3 is 0 Å². The molecule has 0 bridgehead atoms. The Morgan fingerprint density at radius 3 is 2.71 bits per heavy atom. The van der Waals surface area contributed by atoms with Crippen LogP contribution in [0.2, 0.25) is 0 Å². The number of hydrogen-bond donors (Lipinski definition) is 0. The zero-order chi connectivity index (χ0) is 14.5. The Morgan fingerprint density at radius 1 is 1.24 bits per heavy atom. The summed E-state index contributed by atoms with van der Waals surface area (Å²) in [7, 11) is 0. The molecule has 5 nitrogen and oxygen atoms in total. The summed E-state index contributed by atoms with van der Waals surface area (Å²) in [5.74, 6) is 1.94. The van der Waals surface area contributed by atoms with E-state index in [0.717, 1.165) is 44.7 Å². The van der Waals surface area contributed by atoms with Crippen LogP contribution in [0, 0.1) is 5.92 Å². The van der Waals surface area contributed by atoms with Gasteiger partial charge in [-0.1, -0.05) is 18.2 Å². The van der Waals surface area contributed by atoms with Crippen LogP contribution < -0.4 is 4.90 Å². The molecule has 0 spiro atoms. The standard InChI is InChI=1S/C16H21N3O2/c1-2-20-12-13-8-10-19(11-9-13)16-17-15(21-18-16)14-6-4-3-5-7-14/h3-7,13H,2,8-12H2,1H3. The molecule has 2 heterocycles. The minimum atomic E-state index is 0.585. The van der Waals surface area contributed by atoms with Crippen LogP contribution in [0.25, 0.3) is 11.5 Å². The Labute approximate surface area is 124 Å². The van der Waals surface area contributed by atoms with Gasteiger partial charge in [0, 0.05) is 31.9 Å². The summed E-state index contributed by atoms with van der Waals surface area (Å²) in [6.07, 6.45) is 2.24. The lowest BCUT2D eigenvalue weighted by Crippen LogP contribution is -2.35. The van der Waals surface area contributed by atoms with Crippen molar-refractivity contribution in [1.82, 2.24) is 10.1 Å². The van der Waals surface area contributed by atoms with Gasteiger partial charge in [-0.25, -0.2) is 0 Å². The first kappa shape index (κ1) is 14.1. The number of nitrogens with zero attached hydrogens (tertiary/aromatic N) is 3. The van der Waals surface area contributed by atoms with E-state index in [2.05, 4.69) is 15.0 Å². The zero-order valence-electron chi connectivity index (χ0n) is 12.4. The first-order chi connectivity index (χ1) is 10.4. The quantitative estimate of drug-likeness (QED) is 0.846. The molecule has 3 rings (SSSR count). The number of rotatable bonds is 5. The third-order valence-corrected chi connectivity index (χ3v) is 3.89. The Hall–Kier alpha value is -1.88. The molecule has 1 fully saturated rings. The highest BCUT2D eigenvalue weighted by atomic mass is 16.5. The highest BCUT2D eigenvalue weighted by Crippen LogP contribution is 2.24. The maximum atomic E-state index is 5.51. The molecule has 1 aliphatic rings. The van der Waals surface area contributed by atoms with Crippen molar-refractivity contribution < 1.29 is 9.26 Å². The van der Waals surface area contributed by atoms with Gasteiger partial charge < -0.3 is 14.2 Å². The highest BCUT2D eigenvalue weighted by Gasteiger charge is 2.22. The normalized spacial score (nSPS) is 16.3. The minimum absolute atomic E-state index is 0.585. The Balaban J connectivity index is 1.60. The van der Waals surface area contributed by atoms with Crippen LogP contribution in [0.4, 0.5) is 5.95 Å². The summed E-state index contributed by atoms with van der Waals surface area (Å²) in [5.41, 5.74) is 0.961. The molecule has 0 unspecified atom stereocenters. The molecular weight excluding hydrogens is 266 g/mol. The number of piperidine rings is 1. The second kappa shape index (κ2) is 6.72. The summed E-state index contributed by atoms with van der Waals surface area (Å²) in [6.45, 7) is 5.63. The Kier molecular flexibility index (Phi) is 4.50. The molecule has 2 aromatic rings. The summed E-state index contributed by atoms with van der Waals surface area (Å²) in [4.78, 5) is 6.70. The number of hydrogen-bond acceptors (Lipinski definition) is 5. The average Bonchev–Trinajstić information content (AvgIpc) is 3.04. The van der Waals surface area contributed by atoms with Crippen molar-refractivity contribution in [2.24, 2.45) is 5.92 Å². The Bertz CT molecular complexity index is 548.